The van der Waals surface area contributed by atoms with E-state index in [2.05, 4.69) is 167 Å². The molecule has 5 unspecified atom stereocenters. The Morgan fingerprint density at radius 2 is 0.546 bits per heavy atom. The SMILES string of the molecule is CC/C=C\C/C=C\C/C=C\C/C=C\C/C=C\CCCCCC(=O)OCC(COP(=O)(O)OCC(O)COP(=O)(O)OCC(O)COC(=O)CCCCCCCCCCC/C=C\C/C=C\C/C=C\C/C=C\CCCCC)OC(=O)CCCCCCCCC/C=C\C/C=C\C/C=C\CC. The lowest BCUT2D eigenvalue weighted by Gasteiger charge is -2.21. The van der Waals surface area contributed by atoms with Crippen molar-refractivity contribution in [3.8, 4) is 0 Å². The van der Waals surface area contributed by atoms with Gasteiger partial charge in [-0.25, -0.2) is 9.13 Å². The van der Waals surface area contributed by atoms with Crippen LogP contribution in [0.15, 0.2) is 146 Å². The van der Waals surface area contributed by atoms with Crippen molar-refractivity contribution < 1.29 is 75.8 Å². The van der Waals surface area contributed by atoms with Gasteiger partial charge in [0, 0.05) is 19.3 Å². The van der Waals surface area contributed by atoms with Crippen molar-refractivity contribution >= 4 is 33.6 Å². The van der Waals surface area contributed by atoms with Crippen molar-refractivity contribution in [3.05, 3.63) is 146 Å². The fourth-order valence-electron chi connectivity index (χ4n) is 9.42. The number of esters is 3. The van der Waals surface area contributed by atoms with Crippen LogP contribution in [0.4, 0.5) is 0 Å². The lowest BCUT2D eigenvalue weighted by atomic mass is 10.1. The Labute approximate surface area is 587 Å². The Morgan fingerprint density at radius 3 is 0.876 bits per heavy atom. The first-order chi connectivity index (χ1) is 47.2. The van der Waals surface area contributed by atoms with Crippen LogP contribution < -0.4 is 0 Å². The number of phosphoric ester groups is 2. The maximum atomic E-state index is 13.0. The van der Waals surface area contributed by atoms with E-state index in [-0.39, 0.29) is 19.3 Å². The van der Waals surface area contributed by atoms with Crippen molar-refractivity contribution in [2.24, 2.45) is 0 Å². The van der Waals surface area contributed by atoms with E-state index in [9.17, 15) is 43.5 Å². The molecule has 0 bridgehead atoms. The van der Waals surface area contributed by atoms with Gasteiger partial charge in [-0.3, -0.25) is 32.5 Å². The van der Waals surface area contributed by atoms with Crippen LogP contribution in [0, 0.1) is 0 Å². The Morgan fingerprint density at radius 1 is 0.299 bits per heavy atom. The highest BCUT2D eigenvalue weighted by atomic mass is 31.2. The second-order valence-corrected chi connectivity index (χ2v) is 27.2. The van der Waals surface area contributed by atoms with Crippen molar-refractivity contribution in [1.82, 2.24) is 0 Å². The van der Waals surface area contributed by atoms with E-state index in [0.29, 0.717) is 19.3 Å². The molecule has 4 N–H and O–H groups in total. The second kappa shape index (κ2) is 71.3. The van der Waals surface area contributed by atoms with E-state index in [1.807, 2.05) is 0 Å². The Kier molecular flexibility index (Phi) is 67.9. The molecule has 0 aliphatic heterocycles. The molecule has 18 heteroatoms. The number of hydrogen-bond donors (Lipinski definition) is 4. The summed E-state index contributed by atoms with van der Waals surface area (Å²) in [5, 5.41) is 20.6. The molecule has 0 saturated heterocycles. The summed E-state index contributed by atoms with van der Waals surface area (Å²) in [6, 6.07) is 0. The standard InChI is InChI=1S/C79H132O16P2/c1-4-7-10-13-16-19-22-25-28-31-33-34-35-36-37-38-40-43-44-47-50-53-56-59-62-65-77(82)89-68-74(80)69-91-96(85,86)92-70-75(81)71-93-97(87,88)94-73-76(95-79(84)67-64-61-58-55-52-49-46-41-30-27-24-21-18-15-12-9-6-3)72-90-78(83)66-63-60-57-54-51-48-45-42-39-32-29-26-23-20-17-14-11-8-5-2/h8-9,11-12,16-21,25-30,33-34,36-37,39,42,48,51,74-76,80-81H,4-7,10,13-15,22-24,31-32,35,38,40-41,43-47,49-50,52-73H2,1-3H3,(H,85,86)(H,87,88)/b11-8-,12-9-,19-16-,20-17-,21-18-,28-25-,29-26-,30-27-,34-33-,37-36-,42-39-,51-48-. The summed E-state index contributed by atoms with van der Waals surface area (Å²) < 4.78 is 61.0. The number of carbonyl (C=O) groups is 3. The molecule has 554 valence electrons. The highest BCUT2D eigenvalue weighted by molar-refractivity contribution is 7.47. The number of ether oxygens (including phenoxy) is 3. The molecule has 0 aromatic heterocycles. The zero-order valence-electron chi connectivity index (χ0n) is 60.2. The maximum Gasteiger partial charge on any atom is 0.472 e. The van der Waals surface area contributed by atoms with Crippen molar-refractivity contribution in [2.75, 3.05) is 39.6 Å². The maximum absolute atomic E-state index is 13.0. The molecule has 97 heavy (non-hydrogen) atoms. The van der Waals surface area contributed by atoms with Gasteiger partial charge in [0.15, 0.2) is 6.10 Å². The number of unbranched alkanes of at least 4 members (excludes halogenated alkanes) is 22. The molecule has 0 fully saturated rings. The summed E-state index contributed by atoms with van der Waals surface area (Å²) >= 11 is 0. The summed E-state index contributed by atoms with van der Waals surface area (Å²) in [6.07, 6.45) is 86.0. The average Bonchev–Trinajstić information content (AvgIpc) is 2.14. The normalized spacial score (nSPS) is 14.9. The summed E-state index contributed by atoms with van der Waals surface area (Å²) in [6.45, 7) is 2.36. The minimum Gasteiger partial charge on any atom is -0.463 e. The van der Waals surface area contributed by atoms with E-state index in [0.717, 1.165) is 167 Å². The van der Waals surface area contributed by atoms with E-state index in [1.165, 1.54) is 51.4 Å². The largest absolute Gasteiger partial charge is 0.472 e. The first-order valence-electron chi connectivity index (χ1n) is 37.1. The predicted molar refractivity (Wildman–Crippen MR) is 399 cm³/mol. The van der Waals surface area contributed by atoms with Gasteiger partial charge in [0.2, 0.25) is 0 Å². The minimum atomic E-state index is -4.94. The van der Waals surface area contributed by atoms with Gasteiger partial charge in [0.1, 0.15) is 25.4 Å². The molecule has 0 amide bonds. The molecule has 0 spiro atoms. The first kappa shape index (κ1) is 92.4. The number of phosphoric acid groups is 2. The molecule has 0 aromatic rings. The lowest BCUT2D eigenvalue weighted by molar-refractivity contribution is -0.161. The van der Waals surface area contributed by atoms with Crippen LogP contribution in [0.5, 0.6) is 0 Å². The Balaban J connectivity index is 4.67. The van der Waals surface area contributed by atoms with E-state index in [1.54, 1.807) is 0 Å². The number of carbonyl (C=O) groups excluding carboxylic acids is 3. The van der Waals surface area contributed by atoms with Crippen LogP contribution in [-0.2, 0) is 55.8 Å². The van der Waals surface area contributed by atoms with Gasteiger partial charge < -0.3 is 34.2 Å². The zero-order valence-corrected chi connectivity index (χ0v) is 62.0. The molecule has 5 atom stereocenters. The third-order valence-electron chi connectivity index (χ3n) is 15.0. The van der Waals surface area contributed by atoms with Crippen LogP contribution in [0.3, 0.4) is 0 Å². The number of allylic oxidation sites excluding steroid dienone is 24. The minimum absolute atomic E-state index is 0.0807. The Bertz CT molecular complexity index is 2350. The van der Waals surface area contributed by atoms with Crippen LogP contribution in [-0.4, -0.2) is 95.9 Å². The number of rotatable bonds is 69. The van der Waals surface area contributed by atoms with Gasteiger partial charge in [0.05, 0.1) is 26.4 Å². The molecule has 0 rings (SSSR count). The van der Waals surface area contributed by atoms with E-state index in [4.69, 9.17) is 32.3 Å². The highest BCUT2D eigenvalue weighted by Crippen LogP contribution is 2.45. The van der Waals surface area contributed by atoms with Gasteiger partial charge in [-0.2, -0.15) is 0 Å². The van der Waals surface area contributed by atoms with Crippen LogP contribution in [0.2, 0.25) is 0 Å². The molecule has 16 nitrogen and oxygen atoms in total. The average molecular weight is 1400 g/mol. The number of aliphatic hydroxyl groups excluding tert-OH is 2. The molecular weight excluding hydrogens is 1270 g/mol. The van der Waals surface area contributed by atoms with Crippen LogP contribution >= 0.6 is 15.6 Å². The zero-order chi connectivity index (χ0) is 70.9. The third-order valence-corrected chi connectivity index (χ3v) is 16.9. The molecule has 0 aromatic carbocycles. The van der Waals surface area contributed by atoms with Crippen LogP contribution in [0.25, 0.3) is 0 Å². The van der Waals surface area contributed by atoms with Gasteiger partial charge in [-0.15, -0.1) is 0 Å². The number of aliphatic hydroxyl groups is 2. The summed E-state index contributed by atoms with van der Waals surface area (Å²) in [4.78, 5) is 58.6. The first-order valence-corrected chi connectivity index (χ1v) is 40.1. The van der Waals surface area contributed by atoms with E-state index >= 15 is 0 Å². The smallest absolute Gasteiger partial charge is 0.463 e. The monoisotopic (exact) mass is 1400 g/mol. The molecule has 0 aliphatic carbocycles. The van der Waals surface area contributed by atoms with Gasteiger partial charge in [0.25, 0.3) is 0 Å². The molecule has 0 aliphatic rings. The lowest BCUT2D eigenvalue weighted by Crippen LogP contribution is -2.30. The molecule has 0 radical (unpaired) electrons. The van der Waals surface area contributed by atoms with Crippen molar-refractivity contribution in [2.45, 2.75) is 296 Å². The highest BCUT2D eigenvalue weighted by Gasteiger charge is 2.29. The quantitative estimate of drug-likeness (QED) is 0.0146. The predicted octanol–water partition coefficient (Wildman–Crippen LogP) is 21.3. The van der Waals surface area contributed by atoms with Crippen molar-refractivity contribution in [3.63, 3.8) is 0 Å². The van der Waals surface area contributed by atoms with Gasteiger partial charge in [-0.1, -0.05) is 263 Å². The van der Waals surface area contributed by atoms with E-state index < -0.39 is 91.5 Å². The number of hydrogen-bond acceptors (Lipinski definition) is 14. The van der Waals surface area contributed by atoms with Gasteiger partial charge >= 0.3 is 33.6 Å². The second-order valence-electron chi connectivity index (χ2n) is 24.3. The molecule has 0 heterocycles. The fraction of sp³-hybridized carbons (Fsp3) is 0.658. The summed E-state index contributed by atoms with van der Waals surface area (Å²) in [7, 11) is -9.81. The van der Waals surface area contributed by atoms with Crippen LogP contribution in [0.1, 0.15) is 278 Å². The van der Waals surface area contributed by atoms with Gasteiger partial charge in [-0.05, 0) is 141 Å². The third kappa shape index (κ3) is 72.5. The molecule has 0 saturated carbocycles. The van der Waals surface area contributed by atoms with Crippen molar-refractivity contribution in [1.29, 1.82) is 0 Å². The summed E-state index contributed by atoms with van der Waals surface area (Å²) in [5.41, 5.74) is 0. The topological polar surface area (TPSA) is 231 Å². The fourth-order valence-corrected chi connectivity index (χ4v) is 11.0. The summed E-state index contributed by atoms with van der Waals surface area (Å²) in [5.74, 6) is -1.64. The Hall–Kier alpha value is -4.57. The molecular formula is C79H132O16P2.